The van der Waals surface area contributed by atoms with E-state index in [1.807, 2.05) is 6.92 Å². The first-order valence-corrected chi connectivity index (χ1v) is 10.0. The maximum Gasteiger partial charge on any atom is 0.293 e. The van der Waals surface area contributed by atoms with Crippen LogP contribution in [0, 0.1) is 29.9 Å². The van der Waals surface area contributed by atoms with Crippen LogP contribution in [-0.4, -0.2) is 31.8 Å². The summed E-state index contributed by atoms with van der Waals surface area (Å²) in [6.07, 6.45) is 5.94. The van der Waals surface area contributed by atoms with Gasteiger partial charge in [-0.05, 0) is 30.9 Å². The maximum absolute atomic E-state index is 12.3. The number of anilines is 1. The fourth-order valence-corrected chi connectivity index (χ4v) is 3.96. The van der Waals surface area contributed by atoms with Crippen LogP contribution in [0.15, 0.2) is 17.3 Å². The van der Waals surface area contributed by atoms with Crippen molar-refractivity contribution in [3.63, 3.8) is 0 Å². The summed E-state index contributed by atoms with van der Waals surface area (Å²) in [4.78, 5) is 27.5. The van der Waals surface area contributed by atoms with Crippen LogP contribution < -0.4 is 5.32 Å². The van der Waals surface area contributed by atoms with Gasteiger partial charge in [-0.25, -0.2) is 4.98 Å². The highest BCUT2D eigenvalue weighted by Crippen LogP contribution is 2.30. The Kier molecular flexibility index (Phi) is 6.10. The number of thioether (sulfide) groups is 1. The molecule has 1 aromatic heterocycles. The second-order valence-electron chi connectivity index (χ2n) is 6.91. The molecule has 0 bridgehead atoms. The zero-order valence-electron chi connectivity index (χ0n) is 15.4. The summed E-state index contributed by atoms with van der Waals surface area (Å²) in [5.41, 5.74) is 1.73. The van der Waals surface area contributed by atoms with Crippen molar-refractivity contribution in [3.05, 3.63) is 39.2 Å². The largest absolute Gasteiger partial charge is 0.319 e. The third-order valence-corrected chi connectivity index (χ3v) is 5.82. The molecule has 2 aromatic rings. The van der Waals surface area contributed by atoms with Crippen LogP contribution in [0.5, 0.6) is 0 Å². The molecule has 1 aliphatic rings. The first-order chi connectivity index (χ1) is 12.9. The second kappa shape index (κ2) is 8.51. The number of hydrogen-bond acceptors (Lipinski definition) is 6. The van der Waals surface area contributed by atoms with Crippen LogP contribution in [0.25, 0.3) is 0 Å². The minimum atomic E-state index is -0.486. The standard InChI is InChI=1S/C18H23N5O3S/c1-11-7-8-14(23(25)26)17(12(11)2)20-16(24)10-27-18-19-15(21-22-18)9-13-5-3-4-6-13/h7-8,13H,3-6,9-10H2,1-2H3,(H,20,24)(H,19,21,22). The molecule has 1 aliphatic carbocycles. The minimum Gasteiger partial charge on any atom is -0.319 e. The van der Waals surface area contributed by atoms with E-state index in [1.165, 1.54) is 43.5 Å². The Morgan fingerprint density at radius 3 is 2.81 bits per heavy atom. The lowest BCUT2D eigenvalue weighted by Gasteiger charge is -2.10. The number of aryl methyl sites for hydroxylation is 1. The average Bonchev–Trinajstić information content (AvgIpc) is 3.29. The maximum atomic E-state index is 12.3. The Bertz CT molecular complexity index is 846. The van der Waals surface area contributed by atoms with Gasteiger partial charge < -0.3 is 5.32 Å². The molecule has 1 amide bonds. The van der Waals surface area contributed by atoms with Crippen molar-refractivity contribution < 1.29 is 9.72 Å². The number of benzene rings is 1. The van der Waals surface area contributed by atoms with Crippen LogP contribution in [0.3, 0.4) is 0 Å². The summed E-state index contributed by atoms with van der Waals surface area (Å²) in [5.74, 6) is 1.29. The van der Waals surface area contributed by atoms with E-state index in [9.17, 15) is 14.9 Å². The lowest BCUT2D eigenvalue weighted by Crippen LogP contribution is -2.16. The fraction of sp³-hybridized carbons (Fsp3) is 0.500. The number of rotatable bonds is 7. The molecule has 9 heteroatoms. The molecule has 0 radical (unpaired) electrons. The summed E-state index contributed by atoms with van der Waals surface area (Å²) >= 11 is 1.22. The SMILES string of the molecule is Cc1ccc([N+](=O)[O-])c(NC(=O)CSc2n[nH]c(CC3CCCC3)n2)c1C. The summed E-state index contributed by atoms with van der Waals surface area (Å²) in [6.45, 7) is 3.61. The van der Waals surface area contributed by atoms with Gasteiger partial charge in [0.15, 0.2) is 0 Å². The van der Waals surface area contributed by atoms with Gasteiger partial charge in [0.25, 0.3) is 5.69 Å². The molecule has 27 heavy (non-hydrogen) atoms. The predicted molar refractivity (Wildman–Crippen MR) is 104 cm³/mol. The molecular formula is C18H23N5O3S. The Morgan fingerprint density at radius 1 is 1.37 bits per heavy atom. The minimum absolute atomic E-state index is 0.0885. The van der Waals surface area contributed by atoms with Crippen molar-refractivity contribution >= 4 is 29.0 Å². The van der Waals surface area contributed by atoms with Crippen molar-refractivity contribution in [1.82, 2.24) is 15.2 Å². The number of carbonyl (C=O) groups excluding carboxylic acids is 1. The lowest BCUT2D eigenvalue weighted by atomic mass is 10.0. The molecule has 2 N–H and O–H groups in total. The first kappa shape index (κ1) is 19.3. The average molecular weight is 389 g/mol. The molecular weight excluding hydrogens is 366 g/mol. The number of nitro benzene ring substituents is 1. The number of hydrogen-bond donors (Lipinski definition) is 2. The summed E-state index contributed by atoms with van der Waals surface area (Å²) in [6, 6.07) is 3.09. The topological polar surface area (TPSA) is 114 Å². The van der Waals surface area contributed by atoms with E-state index >= 15 is 0 Å². The van der Waals surface area contributed by atoms with E-state index in [0.29, 0.717) is 16.6 Å². The van der Waals surface area contributed by atoms with E-state index < -0.39 is 4.92 Å². The van der Waals surface area contributed by atoms with E-state index in [2.05, 4.69) is 20.5 Å². The van der Waals surface area contributed by atoms with E-state index in [-0.39, 0.29) is 23.0 Å². The summed E-state index contributed by atoms with van der Waals surface area (Å²) in [5, 5.41) is 21.5. The van der Waals surface area contributed by atoms with E-state index in [4.69, 9.17) is 0 Å². The highest BCUT2D eigenvalue weighted by Gasteiger charge is 2.20. The van der Waals surface area contributed by atoms with Gasteiger partial charge in [0.05, 0.1) is 10.7 Å². The highest BCUT2D eigenvalue weighted by atomic mass is 32.2. The quantitative estimate of drug-likeness (QED) is 0.423. The molecule has 3 rings (SSSR count). The molecule has 1 heterocycles. The number of nitro groups is 1. The monoisotopic (exact) mass is 389 g/mol. The lowest BCUT2D eigenvalue weighted by molar-refractivity contribution is -0.384. The van der Waals surface area contributed by atoms with Gasteiger partial charge in [-0.1, -0.05) is 43.5 Å². The number of amides is 1. The smallest absolute Gasteiger partial charge is 0.293 e. The summed E-state index contributed by atoms with van der Waals surface area (Å²) < 4.78 is 0. The van der Waals surface area contributed by atoms with Gasteiger partial charge >= 0.3 is 0 Å². The van der Waals surface area contributed by atoms with Gasteiger partial charge in [-0.15, -0.1) is 5.10 Å². The Hall–Kier alpha value is -2.42. The first-order valence-electron chi connectivity index (χ1n) is 9.02. The third kappa shape index (κ3) is 4.85. The van der Waals surface area contributed by atoms with Crippen molar-refractivity contribution in [2.45, 2.75) is 51.1 Å². The molecule has 0 spiro atoms. The Morgan fingerprint density at radius 2 is 2.11 bits per heavy atom. The number of carbonyl (C=O) groups is 1. The van der Waals surface area contributed by atoms with Crippen LogP contribution in [0.2, 0.25) is 0 Å². The van der Waals surface area contributed by atoms with Gasteiger partial charge in [0.2, 0.25) is 11.1 Å². The van der Waals surface area contributed by atoms with E-state index in [1.54, 1.807) is 13.0 Å². The van der Waals surface area contributed by atoms with Crippen LogP contribution >= 0.6 is 11.8 Å². The summed E-state index contributed by atoms with van der Waals surface area (Å²) in [7, 11) is 0. The molecule has 1 saturated carbocycles. The molecule has 0 saturated heterocycles. The van der Waals surface area contributed by atoms with Crippen molar-refractivity contribution in [2.75, 3.05) is 11.1 Å². The van der Waals surface area contributed by atoms with Gasteiger partial charge in [-0.3, -0.25) is 20.0 Å². The molecule has 0 atom stereocenters. The third-order valence-electron chi connectivity index (χ3n) is 4.98. The van der Waals surface area contributed by atoms with Gasteiger partial charge in [0.1, 0.15) is 11.5 Å². The van der Waals surface area contributed by atoms with Gasteiger partial charge in [-0.2, -0.15) is 0 Å². The fourth-order valence-electron chi connectivity index (χ4n) is 3.34. The normalized spacial score (nSPS) is 14.4. The number of H-pyrrole nitrogens is 1. The predicted octanol–water partition coefficient (Wildman–Crippen LogP) is 3.79. The van der Waals surface area contributed by atoms with E-state index in [0.717, 1.165) is 17.8 Å². The highest BCUT2D eigenvalue weighted by molar-refractivity contribution is 7.99. The molecule has 144 valence electrons. The van der Waals surface area contributed by atoms with Crippen LogP contribution in [0.1, 0.15) is 42.6 Å². The second-order valence-corrected chi connectivity index (χ2v) is 7.86. The molecule has 8 nitrogen and oxygen atoms in total. The number of nitrogens with zero attached hydrogens (tertiary/aromatic N) is 3. The Labute approximate surface area is 161 Å². The van der Waals surface area contributed by atoms with Gasteiger partial charge in [0, 0.05) is 12.5 Å². The van der Waals surface area contributed by atoms with Crippen molar-refractivity contribution in [3.8, 4) is 0 Å². The number of aromatic amines is 1. The molecule has 1 fully saturated rings. The zero-order chi connectivity index (χ0) is 19.4. The van der Waals surface area contributed by atoms with Crippen LogP contribution in [0.4, 0.5) is 11.4 Å². The molecule has 1 aromatic carbocycles. The zero-order valence-corrected chi connectivity index (χ0v) is 16.3. The van der Waals surface area contributed by atoms with Crippen LogP contribution in [-0.2, 0) is 11.2 Å². The molecule has 0 aliphatic heterocycles. The number of aromatic nitrogens is 3. The Balaban J connectivity index is 1.58. The van der Waals surface area contributed by atoms with Crippen molar-refractivity contribution in [1.29, 1.82) is 0 Å². The molecule has 0 unspecified atom stereocenters. The van der Waals surface area contributed by atoms with Crippen molar-refractivity contribution in [2.24, 2.45) is 5.92 Å². The number of nitrogens with one attached hydrogen (secondary N) is 2.